The molecule has 7 nitrogen and oxygen atoms in total. The molecule has 0 aliphatic heterocycles. The van der Waals surface area contributed by atoms with Gasteiger partial charge in [0.2, 0.25) is 4.80 Å². The lowest BCUT2D eigenvalue weighted by molar-refractivity contribution is -0.385. The summed E-state index contributed by atoms with van der Waals surface area (Å²) in [5.41, 5.74) is 2.29. The quantitative estimate of drug-likeness (QED) is 0.344. The number of nitro groups is 1. The lowest BCUT2D eigenvalue weighted by Crippen LogP contribution is -2.18. The Morgan fingerprint density at radius 1 is 1.21 bits per heavy atom. The monoisotopic (exact) mass is 396 g/mol. The molecule has 1 heterocycles. The molecule has 0 saturated heterocycles. The fraction of sp³-hybridized carbons (Fsp3) is 0.200. The van der Waals surface area contributed by atoms with Gasteiger partial charge in [0.1, 0.15) is 0 Å². The number of aromatic nitrogens is 1. The predicted molar refractivity (Wildman–Crippen MR) is 111 cm³/mol. The van der Waals surface area contributed by atoms with Crippen molar-refractivity contribution in [2.75, 3.05) is 13.7 Å². The Balaban J connectivity index is 2.10. The molecule has 0 saturated carbocycles. The molecule has 3 aromatic rings. The van der Waals surface area contributed by atoms with Gasteiger partial charge in [0, 0.05) is 24.1 Å². The van der Waals surface area contributed by atoms with Crippen molar-refractivity contribution in [1.29, 1.82) is 0 Å². The number of nitro benzene ring substituents is 1. The highest BCUT2D eigenvalue weighted by atomic mass is 32.1. The van der Waals surface area contributed by atoms with Crippen molar-refractivity contribution in [2.24, 2.45) is 10.1 Å². The lowest BCUT2D eigenvalue weighted by atomic mass is 10.2. The maximum atomic E-state index is 11.3. The minimum absolute atomic E-state index is 0.00887. The van der Waals surface area contributed by atoms with E-state index in [4.69, 9.17) is 4.74 Å². The molecule has 0 spiro atoms. The molecule has 8 heteroatoms. The first-order valence-corrected chi connectivity index (χ1v) is 9.54. The summed E-state index contributed by atoms with van der Waals surface area (Å²) in [7, 11) is 1.64. The van der Waals surface area contributed by atoms with Gasteiger partial charge in [-0.3, -0.25) is 15.1 Å². The third-order valence-electron chi connectivity index (χ3n) is 3.94. The fourth-order valence-electron chi connectivity index (χ4n) is 2.66. The van der Waals surface area contributed by atoms with Crippen LogP contribution in [0, 0.1) is 10.1 Å². The van der Waals surface area contributed by atoms with E-state index in [2.05, 4.69) is 10.1 Å². The van der Waals surface area contributed by atoms with Crippen molar-refractivity contribution in [2.45, 2.75) is 13.0 Å². The summed E-state index contributed by atoms with van der Waals surface area (Å²) in [5, 5.41) is 17.8. The van der Waals surface area contributed by atoms with E-state index >= 15 is 0 Å². The van der Waals surface area contributed by atoms with E-state index < -0.39 is 4.92 Å². The van der Waals surface area contributed by atoms with Crippen molar-refractivity contribution in [1.82, 2.24) is 4.68 Å². The van der Waals surface area contributed by atoms with Crippen LogP contribution >= 0.6 is 11.3 Å². The van der Waals surface area contributed by atoms with Crippen LogP contribution in [0.2, 0.25) is 0 Å². The number of hydrogen-bond donors (Lipinski definition) is 0. The molecule has 3 rings (SSSR count). The number of thiazole rings is 1. The highest BCUT2D eigenvalue weighted by Crippen LogP contribution is 2.20. The van der Waals surface area contributed by atoms with Crippen LogP contribution in [0.25, 0.3) is 11.3 Å². The standard InChI is InChI=1S/C20H20N4O3S/c1-15(13-27-2)22-20-23(19(14-28-20)16-8-4-3-5-9-16)21-12-17-10-6-7-11-18(17)24(25)26/h3-12,14-15H,13H2,1-2H3/b21-12-,22-20?/t15-/m0/s1. The summed E-state index contributed by atoms with van der Waals surface area (Å²) in [6.45, 7) is 2.45. The van der Waals surface area contributed by atoms with E-state index in [9.17, 15) is 10.1 Å². The summed E-state index contributed by atoms with van der Waals surface area (Å²) >= 11 is 1.46. The van der Waals surface area contributed by atoms with E-state index in [1.54, 1.807) is 30.0 Å². The number of para-hydroxylation sites is 1. The van der Waals surface area contributed by atoms with Crippen LogP contribution in [0.15, 0.2) is 70.1 Å². The first-order chi connectivity index (χ1) is 13.6. The molecule has 0 amide bonds. The molecular weight excluding hydrogens is 376 g/mol. The molecule has 0 unspecified atom stereocenters. The topological polar surface area (TPSA) is 82.0 Å². The van der Waals surface area contributed by atoms with E-state index in [0.29, 0.717) is 17.0 Å². The highest BCUT2D eigenvalue weighted by Gasteiger charge is 2.12. The zero-order chi connectivity index (χ0) is 19.9. The van der Waals surface area contributed by atoms with Crippen LogP contribution in [0.1, 0.15) is 12.5 Å². The first-order valence-electron chi connectivity index (χ1n) is 8.66. The van der Waals surface area contributed by atoms with Crippen LogP contribution in [0.3, 0.4) is 0 Å². The van der Waals surface area contributed by atoms with E-state index in [1.807, 2.05) is 42.6 Å². The first kappa shape index (κ1) is 19.7. The number of nitrogens with zero attached hydrogens (tertiary/aromatic N) is 4. The van der Waals surface area contributed by atoms with Gasteiger partial charge >= 0.3 is 0 Å². The predicted octanol–water partition coefficient (Wildman–Crippen LogP) is 3.94. The molecule has 0 fully saturated rings. The Kier molecular flexibility index (Phi) is 6.46. The summed E-state index contributed by atoms with van der Waals surface area (Å²) in [4.78, 5) is 16.2. The van der Waals surface area contributed by atoms with Crippen LogP contribution in [-0.2, 0) is 4.74 Å². The second-order valence-corrected chi connectivity index (χ2v) is 6.91. The Hall–Kier alpha value is -3.10. The van der Waals surface area contributed by atoms with Crippen LogP contribution in [-0.4, -0.2) is 35.6 Å². The molecule has 1 aromatic heterocycles. The fourth-order valence-corrected chi connectivity index (χ4v) is 3.60. The average molecular weight is 396 g/mol. The van der Waals surface area contributed by atoms with E-state index in [0.717, 1.165) is 11.3 Å². The van der Waals surface area contributed by atoms with Gasteiger partial charge in [-0.05, 0) is 13.0 Å². The number of rotatable bonds is 7. The highest BCUT2D eigenvalue weighted by molar-refractivity contribution is 7.07. The Bertz CT molecular complexity index is 1040. The van der Waals surface area contributed by atoms with Crippen LogP contribution < -0.4 is 4.80 Å². The van der Waals surface area contributed by atoms with Crippen molar-refractivity contribution in [3.63, 3.8) is 0 Å². The summed E-state index contributed by atoms with van der Waals surface area (Å²) < 4.78 is 6.88. The van der Waals surface area contributed by atoms with Gasteiger partial charge in [0.15, 0.2) is 0 Å². The maximum absolute atomic E-state index is 11.3. The Labute approximate surface area is 166 Å². The molecule has 0 N–H and O–H groups in total. The molecule has 144 valence electrons. The van der Waals surface area contributed by atoms with Crippen molar-refractivity contribution >= 4 is 23.2 Å². The minimum Gasteiger partial charge on any atom is -0.382 e. The molecule has 2 aromatic carbocycles. The van der Waals surface area contributed by atoms with Crippen LogP contribution in [0.5, 0.6) is 0 Å². The summed E-state index contributed by atoms with van der Waals surface area (Å²) in [5.74, 6) is 0. The van der Waals surface area contributed by atoms with Crippen molar-refractivity contribution < 1.29 is 9.66 Å². The van der Waals surface area contributed by atoms with Gasteiger partial charge in [-0.15, -0.1) is 11.3 Å². The third-order valence-corrected chi connectivity index (χ3v) is 4.77. The van der Waals surface area contributed by atoms with Gasteiger partial charge in [-0.25, -0.2) is 4.68 Å². The minimum atomic E-state index is -0.413. The molecule has 0 aliphatic rings. The normalized spacial score (nSPS) is 13.1. The van der Waals surface area contributed by atoms with Gasteiger partial charge in [0.05, 0.1) is 35.0 Å². The largest absolute Gasteiger partial charge is 0.382 e. The second kappa shape index (κ2) is 9.20. The number of methoxy groups -OCH3 is 1. The van der Waals surface area contributed by atoms with Crippen molar-refractivity contribution in [3.8, 4) is 11.3 Å². The average Bonchev–Trinajstić information content (AvgIpc) is 3.09. The maximum Gasteiger partial charge on any atom is 0.278 e. The molecule has 0 aliphatic carbocycles. The molecule has 28 heavy (non-hydrogen) atoms. The summed E-state index contributed by atoms with van der Waals surface area (Å²) in [6.07, 6.45) is 1.50. The third kappa shape index (κ3) is 4.59. The molecule has 1 atom stereocenters. The molecule has 0 radical (unpaired) electrons. The Morgan fingerprint density at radius 3 is 2.64 bits per heavy atom. The van der Waals surface area contributed by atoms with Gasteiger partial charge in [-0.2, -0.15) is 5.10 Å². The van der Waals surface area contributed by atoms with Gasteiger partial charge in [-0.1, -0.05) is 42.5 Å². The molecular formula is C20H20N4O3S. The zero-order valence-corrected chi connectivity index (χ0v) is 16.4. The van der Waals surface area contributed by atoms with E-state index in [1.165, 1.54) is 23.6 Å². The zero-order valence-electron chi connectivity index (χ0n) is 15.6. The smallest absolute Gasteiger partial charge is 0.278 e. The van der Waals surface area contributed by atoms with Gasteiger partial charge < -0.3 is 4.74 Å². The SMILES string of the molecule is COC[C@H](C)N=c1scc(-c2ccccc2)n1/N=C\c1ccccc1[N+](=O)[O-]. The second-order valence-electron chi connectivity index (χ2n) is 6.08. The number of benzene rings is 2. The number of hydrogen-bond acceptors (Lipinski definition) is 6. The number of ether oxygens (including phenoxy) is 1. The van der Waals surface area contributed by atoms with Crippen molar-refractivity contribution in [3.05, 3.63) is 80.5 Å². The lowest BCUT2D eigenvalue weighted by Gasteiger charge is -2.06. The molecule has 0 bridgehead atoms. The Morgan fingerprint density at radius 2 is 1.93 bits per heavy atom. The van der Waals surface area contributed by atoms with Crippen LogP contribution in [0.4, 0.5) is 5.69 Å². The summed E-state index contributed by atoms with van der Waals surface area (Å²) in [6, 6.07) is 16.3. The van der Waals surface area contributed by atoms with E-state index in [-0.39, 0.29) is 11.7 Å². The van der Waals surface area contributed by atoms with Gasteiger partial charge in [0.25, 0.3) is 5.69 Å².